The number of methoxy groups -OCH3 is 1. The van der Waals surface area contributed by atoms with Gasteiger partial charge in [0.25, 0.3) is 0 Å². The molecule has 0 amide bonds. The number of hydrogen-bond donors (Lipinski definition) is 1. The quantitative estimate of drug-likeness (QED) is 0.427. The summed E-state index contributed by atoms with van der Waals surface area (Å²) in [6, 6.07) is 7.79. The Balaban J connectivity index is 1.22. The van der Waals surface area contributed by atoms with E-state index in [1.165, 1.54) is 10.1 Å². The lowest BCUT2D eigenvalue weighted by Crippen LogP contribution is -2.45. The Kier molecular flexibility index (Phi) is 5.42. The number of oxazole rings is 1. The molecule has 0 spiro atoms. The van der Waals surface area contributed by atoms with Crippen molar-refractivity contribution in [3.63, 3.8) is 0 Å². The van der Waals surface area contributed by atoms with Crippen molar-refractivity contribution in [3.05, 3.63) is 75.0 Å². The van der Waals surface area contributed by atoms with E-state index in [9.17, 15) is 9.59 Å². The van der Waals surface area contributed by atoms with Crippen molar-refractivity contribution in [2.45, 2.75) is 26.1 Å². The second-order valence-electron chi connectivity index (χ2n) is 9.34. The normalized spacial score (nSPS) is 18.0. The number of piperazine rings is 1. The average molecular weight is 490 g/mol. The summed E-state index contributed by atoms with van der Waals surface area (Å²) in [4.78, 5) is 26.3. The zero-order chi connectivity index (χ0) is 25.0. The molecule has 2 aromatic heterocycles. The summed E-state index contributed by atoms with van der Waals surface area (Å²) in [5.41, 5.74) is 6.95. The van der Waals surface area contributed by atoms with Gasteiger partial charge in [-0.1, -0.05) is 6.07 Å². The van der Waals surface area contributed by atoms with Gasteiger partial charge in [-0.05, 0) is 30.2 Å². The van der Waals surface area contributed by atoms with Crippen molar-refractivity contribution in [3.8, 4) is 11.4 Å². The summed E-state index contributed by atoms with van der Waals surface area (Å²) in [5.74, 6) is -0.187. The van der Waals surface area contributed by atoms with E-state index in [-0.39, 0.29) is 12.0 Å². The second-order valence-corrected chi connectivity index (χ2v) is 9.34. The predicted octanol–water partition coefficient (Wildman–Crippen LogP) is 2.45. The number of rotatable bonds is 5. The highest BCUT2D eigenvalue weighted by Gasteiger charge is 2.28. The Labute approximate surface area is 207 Å². The molecule has 4 aromatic rings. The van der Waals surface area contributed by atoms with Gasteiger partial charge in [0.05, 0.1) is 30.1 Å². The molecule has 0 saturated carbocycles. The molecule has 4 heterocycles. The zero-order valence-corrected chi connectivity index (χ0v) is 20.4. The molecule has 1 fully saturated rings. The summed E-state index contributed by atoms with van der Waals surface area (Å²) < 4.78 is 19.2. The minimum Gasteiger partial charge on any atom is -0.493 e. The minimum atomic E-state index is -0.437. The van der Waals surface area contributed by atoms with Gasteiger partial charge in [0.15, 0.2) is 11.3 Å². The predicted molar refractivity (Wildman–Crippen MR) is 131 cm³/mol. The number of esters is 1. The monoisotopic (exact) mass is 489 g/mol. The van der Waals surface area contributed by atoms with Crippen LogP contribution in [0.15, 0.2) is 45.9 Å². The van der Waals surface area contributed by atoms with Crippen molar-refractivity contribution >= 4 is 17.1 Å². The lowest BCUT2D eigenvalue weighted by atomic mass is 9.93. The molecule has 2 aromatic carbocycles. The van der Waals surface area contributed by atoms with Crippen molar-refractivity contribution in [2.24, 2.45) is 7.05 Å². The Bertz CT molecular complexity index is 1550. The molecular formula is C26H27N5O5. The van der Waals surface area contributed by atoms with Crippen LogP contribution in [0, 0.1) is 6.92 Å². The summed E-state index contributed by atoms with van der Waals surface area (Å²) in [6.07, 6.45) is 3.87. The summed E-state index contributed by atoms with van der Waals surface area (Å²) in [6.45, 7) is 5.82. The van der Waals surface area contributed by atoms with Crippen molar-refractivity contribution < 1.29 is 18.7 Å². The highest BCUT2D eigenvalue weighted by Crippen LogP contribution is 2.31. The standard InChI is InChI=1S/C26H27N5O5/c1-15-18(4-5-19-20(15)14-35-25(19)32)21-13-30(7-6-27-21)11-16-10-28-31(12-16)17-8-22-24(23(9-17)34-3)36-26(33)29(22)2/h4-5,8-10,12,21,27H,6-7,11,13-14H2,1-3H3. The molecule has 1 saturated heterocycles. The van der Waals surface area contributed by atoms with Crippen LogP contribution in [0.2, 0.25) is 0 Å². The number of carbonyl (C=O) groups excluding carboxylic acids is 1. The second kappa shape index (κ2) is 8.65. The Hall–Kier alpha value is -3.89. The van der Waals surface area contributed by atoms with Crippen LogP contribution in [0.4, 0.5) is 0 Å². The molecule has 36 heavy (non-hydrogen) atoms. The number of cyclic esters (lactones) is 1. The summed E-state index contributed by atoms with van der Waals surface area (Å²) in [7, 11) is 3.22. The number of aromatic nitrogens is 3. The van der Waals surface area contributed by atoms with E-state index >= 15 is 0 Å². The maximum atomic E-state index is 12.0. The number of aryl methyl sites for hydroxylation is 1. The average Bonchev–Trinajstić information content (AvgIpc) is 3.58. The lowest BCUT2D eigenvalue weighted by Gasteiger charge is -2.34. The van der Waals surface area contributed by atoms with E-state index in [4.69, 9.17) is 13.9 Å². The van der Waals surface area contributed by atoms with Gasteiger partial charge in [0.2, 0.25) is 0 Å². The van der Waals surface area contributed by atoms with Gasteiger partial charge in [-0.2, -0.15) is 5.10 Å². The molecule has 10 nitrogen and oxygen atoms in total. The van der Waals surface area contributed by atoms with Crippen LogP contribution in [0.25, 0.3) is 16.8 Å². The first-order chi connectivity index (χ1) is 17.4. The molecule has 0 bridgehead atoms. The van der Waals surface area contributed by atoms with Gasteiger partial charge in [-0.15, -0.1) is 0 Å². The number of ether oxygens (including phenoxy) is 2. The maximum absolute atomic E-state index is 12.0. The Morgan fingerprint density at radius 3 is 2.94 bits per heavy atom. The van der Waals surface area contributed by atoms with Gasteiger partial charge >= 0.3 is 11.7 Å². The van der Waals surface area contributed by atoms with Crippen LogP contribution in [-0.4, -0.2) is 52.0 Å². The molecule has 1 N–H and O–H groups in total. The number of fused-ring (bicyclic) bond motifs is 2. The number of carbonyl (C=O) groups is 1. The first-order valence-corrected chi connectivity index (χ1v) is 11.9. The molecule has 0 aliphatic carbocycles. The third-order valence-electron chi connectivity index (χ3n) is 7.21. The Morgan fingerprint density at radius 1 is 1.25 bits per heavy atom. The Morgan fingerprint density at radius 2 is 2.11 bits per heavy atom. The first-order valence-electron chi connectivity index (χ1n) is 11.9. The number of hydrogen-bond acceptors (Lipinski definition) is 8. The molecule has 1 atom stereocenters. The van der Waals surface area contributed by atoms with E-state index in [1.807, 2.05) is 36.7 Å². The van der Waals surface area contributed by atoms with Crippen LogP contribution in [0.1, 0.15) is 38.7 Å². The van der Waals surface area contributed by atoms with Crippen molar-refractivity contribution in [1.82, 2.24) is 24.6 Å². The van der Waals surface area contributed by atoms with Crippen LogP contribution in [0.5, 0.6) is 5.75 Å². The SMILES string of the molecule is COc1cc(-n2cc(CN3CCNC(c4ccc5c(c4C)COC5=O)C3)cn2)cc2c1oc(=O)n2C. The van der Waals surface area contributed by atoms with E-state index in [1.54, 1.807) is 18.8 Å². The highest BCUT2D eigenvalue weighted by atomic mass is 16.5. The number of benzene rings is 2. The van der Waals surface area contributed by atoms with Crippen molar-refractivity contribution in [1.29, 1.82) is 0 Å². The third kappa shape index (κ3) is 3.69. The molecule has 1 unspecified atom stereocenters. The molecule has 0 radical (unpaired) electrons. The number of nitrogens with zero attached hydrogens (tertiary/aromatic N) is 4. The van der Waals surface area contributed by atoms with Crippen LogP contribution in [-0.2, 0) is 24.9 Å². The van der Waals surface area contributed by atoms with E-state index < -0.39 is 5.76 Å². The topological polar surface area (TPSA) is 104 Å². The summed E-state index contributed by atoms with van der Waals surface area (Å²) >= 11 is 0. The van der Waals surface area contributed by atoms with Gasteiger partial charge in [-0.25, -0.2) is 14.3 Å². The smallest absolute Gasteiger partial charge is 0.419 e. The molecule has 186 valence electrons. The van der Waals surface area contributed by atoms with Crippen LogP contribution in [0.3, 0.4) is 0 Å². The number of nitrogens with one attached hydrogen (secondary N) is 1. The highest BCUT2D eigenvalue weighted by molar-refractivity contribution is 5.94. The molecule has 2 aliphatic heterocycles. The zero-order valence-electron chi connectivity index (χ0n) is 20.4. The van der Waals surface area contributed by atoms with E-state index in [0.717, 1.165) is 48.6 Å². The van der Waals surface area contributed by atoms with Gasteiger partial charge in [0.1, 0.15) is 6.61 Å². The molecule has 10 heteroatoms. The fraction of sp³-hybridized carbons (Fsp3) is 0.346. The third-order valence-corrected chi connectivity index (χ3v) is 7.21. The summed E-state index contributed by atoms with van der Waals surface area (Å²) in [5, 5.41) is 8.19. The first kappa shape index (κ1) is 22.6. The van der Waals surface area contributed by atoms with Crippen LogP contribution >= 0.6 is 0 Å². The minimum absolute atomic E-state index is 0.170. The van der Waals surface area contributed by atoms with Gasteiger partial charge in [0, 0.05) is 62.7 Å². The van der Waals surface area contributed by atoms with Crippen molar-refractivity contribution in [2.75, 3.05) is 26.7 Å². The fourth-order valence-corrected chi connectivity index (χ4v) is 5.21. The molecule has 2 aliphatic rings. The van der Waals surface area contributed by atoms with E-state index in [0.29, 0.717) is 29.0 Å². The molecular weight excluding hydrogens is 462 g/mol. The van der Waals surface area contributed by atoms with Gasteiger partial charge < -0.3 is 19.2 Å². The largest absolute Gasteiger partial charge is 0.493 e. The van der Waals surface area contributed by atoms with Gasteiger partial charge in [-0.3, -0.25) is 9.47 Å². The fourth-order valence-electron chi connectivity index (χ4n) is 5.21. The maximum Gasteiger partial charge on any atom is 0.419 e. The lowest BCUT2D eigenvalue weighted by molar-refractivity contribution is 0.0535. The molecule has 6 rings (SSSR count). The van der Waals surface area contributed by atoms with Crippen LogP contribution < -0.4 is 15.8 Å². The van der Waals surface area contributed by atoms with E-state index in [2.05, 4.69) is 22.2 Å².